The molecule has 0 aliphatic rings. The molecule has 102 valence electrons. The van der Waals surface area contributed by atoms with Crippen LogP contribution in [0.5, 0.6) is 0 Å². The minimum Gasteiger partial charge on any atom is -0.409 e. The van der Waals surface area contributed by atoms with Crippen LogP contribution in [0.3, 0.4) is 0 Å². The van der Waals surface area contributed by atoms with Crippen LogP contribution < -0.4 is 10.5 Å². The summed E-state index contributed by atoms with van der Waals surface area (Å²) in [6.07, 6.45) is 0. The Morgan fingerprint density at radius 3 is 2.56 bits per heavy atom. The summed E-state index contributed by atoms with van der Waals surface area (Å²) < 4.78 is 26.9. The van der Waals surface area contributed by atoms with Crippen molar-refractivity contribution < 1.29 is 13.6 Å². The first-order valence-corrected chi connectivity index (χ1v) is 7.70. The van der Waals surface area contributed by atoms with Gasteiger partial charge in [-0.3, -0.25) is 0 Å². The van der Waals surface area contributed by atoms with Crippen molar-refractivity contribution in [1.82, 2.24) is 4.72 Å². The molecule has 1 heterocycles. The van der Waals surface area contributed by atoms with Crippen LogP contribution in [0.4, 0.5) is 0 Å². The van der Waals surface area contributed by atoms with E-state index in [2.05, 4.69) is 9.88 Å². The van der Waals surface area contributed by atoms with Crippen LogP contribution in [0.1, 0.15) is 13.8 Å². The van der Waals surface area contributed by atoms with Gasteiger partial charge in [-0.05, 0) is 18.1 Å². The molecular weight excluding hydrogens is 298 g/mol. The summed E-state index contributed by atoms with van der Waals surface area (Å²) in [4.78, 5) is 0. The van der Waals surface area contributed by atoms with Gasteiger partial charge in [0.25, 0.3) is 10.0 Å². The van der Waals surface area contributed by atoms with Gasteiger partial charge in [0.1, 0.15) is 4.21 Å². The lowest BCUT2D eigenvalue weighted by Gasteiger charge is -2.20. The maximum Gasteiger partial charge on any atom is 0.250 e. The fourth-order valence-corrected chi connectivity index (χ4v) is 4.12. The van der Waals surface area contributed by atoms with Gasteiger partial charge in [0.2, 0.25) is 0 Å². The van der Waals surface area contributed by atoms with E-state index in [0.717, 1.165) is 11.3 Å². The standard InChI is InChI=1S/C9H14ClN3O3S2/c1-5(2)8(9(11)12-14)13-18(15,16)7-4-3-6(10)17-7/h3-5,8,13-14H,1-2H3,(H2,11,12). The predicted octanol–water partition coefficient (Wildman–Crippen LogP) is 1.45. The minimum atomic E-state index is -3.73. The molecule has 18 heavy (non-hydrogen) atoms. The van der Waals surface area contributed by atoms with Gasteiger partial charge >= 0.3 is 0 Å². The molecule has 1 aromatic rings. The maximum absolute atomic E-state index is 12.0. The first kappa shape index (κ1) is 15.2. The van der Waals surface area contributed by atoms with Gasteiger partial charge in [-0.15, -0.1) is 11.3 Å². The molecule has 1 aromatic heterocycles. The number of amidine groups is 1. The summed E-state index contributed by atoms with van der Waals surface area (Å²) in [5.41, 5.74) is 5.46. The molecule has 1 atom stereocenters. The van der Waals surface area contributed by atoms with E-state index in [4.69, 9.17) is 22.5 Å². The number of hydrogen-bond acceptors (Lipinski definition) is 5. The molecule has 0 aliphatic heterocycles. The van der Waals surface area contributed by atoms with Crippen molar-refractivity contribution in [1.29, 1.82) is 0 Å². The highest BCUT2D eigenvalue weighted by Gasteiger charge is 2.26. The zero-order valence-electron chi connectivity index (χ0n) is 9.79. The topological polar surface area (TPSA) is 105 Å². The van der Waals surface area contributed by atoms with Crippen LogP contribution in [0.2, 0.25) is 4.34 Å². The van der Waals surface area contributed by atoms with Crippen molar-refractivity contribution in [2.24, 2.45) is 16.8 Å². The van der Waals surface area contributed by atoms with Gasteiger partial charge in [0.05, 0.1) is 10.4 Å². The van der Waals surface area contributed by atoms with E-state index in [1.807, 2.05) is 0 Å². The molecule has 6 nitrogen and oxygen atoms in total. The summed E-state index contributed by atoms with van der Waals surface area (Å²) in [5, 5.41) is 11.5. The lowest BCUT2D eigenvalue weighted by Crippen LogP contribution is -2.47. The number of nitrogens with zero attached hydrogens (tertiary/aromatic N) is 1. The molecule has 0 spiro atoms. The number of rotatable bonds is 5. The van der Waals surface area contributed by atoms with Crippen molar-refractivity contribution in [2.75, 3.05) is 0 Å². The average Bonchev–Trinajstić information content (AvgIpc) is 2.72. The van der Waals surface area contributed by atoms with Crippen LogP contribution in [-0.4, -0.2) is 25.5 Å². The summed E-state index contributed by atoms with van der Waals surface area (Å²) in [7, 11) is -3.73. The van der Waals surface area contributed by atoms with Crippen LogP contribution in [-0.2, 0) is 10.0 Å². The Bertz CT molecular complexity index is 539. The molecule has 0 amide bonds. The summed E-state index contributed by atoms with van der Waals surface area (Å²) in [6.45, 7) is 3.51. The van der Waals surface area contributed by atoms with Gasteiger partial charge in [-0.2, -0.15) is 4.72 Å². The number of oxime groups is 1. The first-order chi connectivity index (χ1) is 8.27. The second-order valence-electron chi connectivity index (χ2n) is 3.93. The number of thiophene rings is 1. The largest absolute Gasteiger partial charge is 0.409 e. The molecule has 0 aliphatic carbocycles. The van der Waals surface area contributed by atoms with E-state index >= 15 is 0 Å². The van der Waals surface area contributed by atoms with Crippen LogP contribution in [0.25, 0.3) is 0 Å². The molecule has 4 N–H and O–H groups in total. The molecule has 0 fully saturated rings. The third kappa shape index (κ3) is 3.58. The summed E-state index contributed by atoms with van der Waals surface area (Å²) in [6, 6.07) is 2.12. The Labute approximate surface area is 114 Å². The van der Waals surface area contributed by atoms with Crippen molar-refractivity contribution in [3.63, 3.8) is 0 Å². The Morgan fingerprint density at radius 2 is 2.17 bits per heavy atom. The summed E-state index contributed by atoms with van der Waals surface area (Å²) >= 11 is 6.63. The van der Waals surface area contributed by atoms with E-state index in [-0.39, 0.29) is 16.0 Å². The van der Waals surface area contributed by atoms with Gasteiger partial charge in [-0.1, -0.05) is 30.6 Å². The third-order valence-electron chi connectivity index (χ3n) is 2.20. The Morgan fingerprint density at radius 1 is 1.56 bits per heavy atom. The van der Waals surface area contributed by atoms with Crippen LogP contribution in [0.15, 0.2) is 21.5 Å². The van der Waals surface area contributed by atoms with E-state index in [9.17, 15) is 8.42 Å². The summed E-state index contributed by atoms with van der Waals surface area (Å²) in [5.74, 6) is -0.345. The van der Waals surface area contributed by atoms with Crippen molar-refractivity contribution in [3.8, 4) is 0 Å². The van der Waals surface area contributed by atoms with E-state index in [1.165, 1.54) is 12.1 Å². The smallest absolute Gasteiger partial charge is 0.250 e. The zero-order chi connectivity index (χ0) is 13.9. The third-order valence-corrected chi connectivity index (χ3v) is 5.36. The number of nitrogens with two attached hydrogens (primary N) is 1. The Hall–Kier alpha value is -0.830. The number of sulfonamides is 1. The highest BCUT2D eigenvalue weighted by Crippen LogP contribution is 2.25. The van der Waals surface area contributed by atoms with E-state index in [0.29, 0.717) is 4.34 Å². The first-order valence-electron chi connectivity index (χ1n) is 5.03. The monoisotopic (exact) mass is 311 g/mol. The predicted molar refractivity (Wildman–Crippen MR) is 71.7 cm³/mol. The van der Waals surface area contributed by atoms with E-state index in [1.54, 1.807) is 13.8 Å². The second-order valence-corrected chi connectivity index (χ2v) is 7.58. The lowest BCUT2D eigenvalue weighted by atomic mass is 10.1. The molecule has 0 aromatic carbocycles. The minimum absolute atomic E-state index is 0.0869. The molecule has 0 bridgehead atoms. The van der Waals surface area contributed by atoms with E-state index < -0.39 is 16.1 Å². The second kappa shape index (κ2) is 5.87. The molecule has 0 saturated carbocycles. The Balaban J connectivity index is 3.00. The van der Waals surface area contributed by atoms with Crippen LogP contribution in [0, 0.1) is 5.92 Å². The zero-order valence-corrected chi connectivity index (χ0v) is 12.2. The molecular formula is C9H14ClN3O3S2. The highest BCUT2D eigenvalue weighted by molar-refractivity contribution is 7.91. The number of hydrogen-bond donors (Lipinski definition) is 3. The fraction of sp³-hybridized carbons (Fsp3) is 0.444. The SMILES string of the molecule is CC(C)C(NS(=O)(=O)c1ccc(Cl)s1)C(N)=NO. The normalized spacial score (nSPS) is 15.0. The highest BCUT2D eigenvalue weighted by atomic mass is 35.5. The number of nitrogens with one attached hydrogen (secondary N) is 1. The quantitative estimate of drug-likeness (QED) is 0.331. The van der Waals surface area contributed by atoms with Crippen molar-refractivity contribution in [3.05, 3.63) is 16.5 Å². The lowest BCUT2D eigenvalue weighted by molar-refractivity contribution is 0.313. The van der Waals surface area contributed by atoms with Crippen LogP contribution >= 0.6 is 22.9 Å². The Kier molecular flexibility index (Phi) is 4.97. The van der Waals surface area contributed by atoms with Gasteiger partial charge < -0.3 is 10.9 Å². The fourth-order valence-electron chi connectivity index (χ4n) is 1.27. The van der Waals surface area contributed by atoms with Gasteiger partial charge in [-0.25, -0.2) is 8.42 Å². The molecule has 0 saturated heterocycles. The molecule has 9 heteroatoms. The molecule has 0 radical (unpaired) electrons. The van der Waals surface area contributed by atoms with Crippen molar-refractivity contribution in [2.45, 2.75) is 24.1 Å². The average molecular weight is 312 g/mol. The van der Waals surface area contributed by atoms with Gasteiger partial charge in [0, 0.05) is 0 Å². The van der Waals surface area contributed by atoms with Gasteiger partial charge in [0.15, 0.2) is 5.84 Å². The maximum atomic E-state index is 12.0. The van der Waals surface area contributed by atoms with Crippen molar-refractivity contribution >= 4 is 38.8 Å². The molecule has 1 unspecified atom stereocenters. The molecule has 1 rings (SSSR count). The number of halogens is 1.